The monoisotopic (exact) mass is 503 g/mol. The van der Waals surface area contributed by atoms with Crippen LogP contribution in [0.4, 0.5) is 10.3 Å². The predicted molar refractivity (Wildman–Crippen MR) is 133 cm³/mol. The van der Waals surface area contributed by atoms with Gasteiger partial charge in [0.05, 0.1) is 47.9 Å². The smallest absolute Gasteiger partial charge is 0.230 e. The van der Waals surface area contributed by atoms with Crippen molar-refractivity contribution in [2.24, 2.45) is 5.41 Å². The Morgan fingerprint density at radius 3 is 2.57 bits per heavy atom. The normalized spacial score (nSPS) is 19.4. The first kappa shape index (κ1) is 24.5. The molecule has 4 aromatic rings. The number of carbonyl (C=O) groups excluding carboxylic acids is 1. The molecule has 1 aromatic carbocycles. The van der Waals surface area contributed by atoms with Gasteiger partial charge in [-0.1, -0.05) is 6.07 Å². The van der Waals surface area contributed by atoms with Gasteiger partial charge in [0.15, 0.2) is 5.82 Å². The number of benzene rings is 1. The molecule has 1 amide bonds. The van der Waals surface area contributed by atoms with Crippen LogP contribution in [0.25, 0.3) is 22.6 Å². The zero-order valence-electron chi connectivity index (χ0n) is 20.4. The largest absolute Gasteiger partial charge is 0.359 e. The highest BCUT2D eigenvalue weighted by atomic mass is 19.1. The van der Waals surface area contributed by atoms with Crippen molar-refractivity contribution in [3.8, 4) is 22.6 Å². The molecule has 190 valence electrons. The summed E-state index contributed by atoms with van der Waals surface area (Å²) in [6, 6.07) is 13.5. The lowest BCUT2D eigenvalue weighted by Crippen LogP contribution is -2.47. The van der Waals surface area contributed by atoms with Crippen LogP contribution in [0.3, 0.4) is 0 Å². The molecule has 1 aliphatic heterocycles. The number of pyridine rings is 1. The summed E-state index contributed by atoms with van der Waals surface area (Å²) in [6.07, 6.45) is 2.55. The maximum Gasteiger partial charge on any atom is 0.230 e. The first-order chi connectivity index (χ1) is 17.9. The molecule has 4 heterocycles. The zero-order valence-corrected chi connectivity index (χ0v) is 20.4. The summed E-state index contributed by atoms with van der Waals surface area (Å²) in [5.74, 6) is 0.312. The van der Waals surface area contributed by atoms with E-state index in [0.717, 1.165) is 5.69 Å². The lowest BCUT2D eigenvalue weighted by atomic mass is 9.91. The van der Waals surface area contributed by atoms with Crippen LogP contribution in [0.2, 0.25) is 0 Å². The molecule has 5 rings (SSSR count). The van der Waals surface area contributed by atoms with Gasteiger partial charge in [-0.05, 0) is 49.4 Å². The Bertz CT molecular complexity index is 1370. The average molecular weight is 504 g/mol. The van der Waals surface area contributed by atoms with Crippen LogP contribution in [0.15, 0.2) is 60.9 Å². The van der Waals surface area contributed by atoms with Gasteiger partial charge in [0.1, 0.15) is 5.82 Å². The lowest BCUT2D eigenvalue weighted by Gasteiger charge is -2.34. The predicted octanol–water partition coefficient (Wildman–Crippen LogP) is 3.48. The number of nitrogens with zero attached hydrogens (tertiary/aromatic N) is 4. The van der Waals surface area contributed by atoms with Gasteiger partial charge in [0.25, 0.3) is 0 Å². The van der Waals surface area contributed by atoms with E-state index in [1.54, 1.807) is 44.6 Å². The maximum absolute atomic E-state index is 13.6. The van der Waals surface area contributed by atoms with Crippen molar-refractivity contribution >= 4 is 11.9 Å². The van der Waals surface area contributed by atoms with Crippen LogP contribution in [0.5, 0.6) is 0 Å². The molecule has 1 fully saturated rings. The third-order valence-corrected chi connectivity index (χ3v) is 6.01. The molecule has 10 nitrogen and oxygen atoms in total. The Morgan fingerprint density at radius 1 is 1.08 bits per heavy atom. The van der Waals surface area contributed by atoms with Crippen LogP contribution >= 0.6 is 0 Å². The van der Waals surface area contributed by atoms with E-state index in [1.807, 2.05) is 18.2 Å². The minimum Gasteiger partial charge on any atom is -0.359 e. The number of aromatic amines is 1. The highest BCUT2D eigenvalue weighted by Crippen LogP contribution is 2.35. The van der Waals surface area contributed by atoms with Crippen molar-refractivity contribution in [3.05, 3.63) is 78.3 Å². The number of halogens is 1. The van der Waals surface area contributed by atoms with E-state index >= 15 is 0 Å². The van der Waals surface area contributed by atoms with Gasteiger partial charge in [-0.25, -0.2) is 19.3 Å². The van der Waals surface area contributed by atoms with Gasteiger partial charge < -0.3 is 25.1 Å². The number of H-pyrrole nitrogens is 1. The highest BCUT2D eigenvalue weighted by Gasteiger charge is 2.40. The molecule has 0 atom stereocenters. The van der Waals surface area contributed by atoms with Crippen molar-refractivity contribution in [2.75, 3.05) is 25.6 Å². The molecule has 11 heteroatoms. The van der Waals surface area contributed by atoms with Gasteiger partial charge in [-0.15, -0.1) is 0 Å². The number of amides is 1. The second-order valence-electron chi connectivity index (χ2n) is 8.89. The van der Waals surface area contributed by atoms with Crippen LogP contribution in [-0.2, 0) is 20.8 Å². The van der Waals surface area contributed by atoms with Crippen molar-refractivity contribution in [3.63, 3.8) is 0 Å². The average Bonchev–Trinajstić information content (AvgIpc) is 3.38. The van der Waals surface area contributed by atoms with Gasteiger partial charge >= 0.3 is 0 Å². The number of carbonyl (C=O) groups is 1. The van der Waals surface area contributed by atoms with E-state index in [-0.39, 0.29) is 24.9 Å². The topological polar surface area (TPSA) is 127 Å². The Balaban J connectivity index is 1.44. The lowest BCUT2D eigenvalue weighted by molar-refractivity contribution is -0.230. The molecule has 0 spiro atoms. The van der Waals surface area contributed by atoms with Crippen molar-refractivity contribution in [1.29, 1.82) is 0 Å². The molecule has 3 aromatic heterocycles. The molecular weight excluding hydrogens is 477 g/mol. The highest BCUT2D eigenvalue weighted by molar-refractivity contribution is 5.82. The molecule has 1 saturated heterocycles. The Kier molecular flexibility index (Phi) is 6.89. The molecule has 0 unspecified atom stereocenters. The van der Waals surface area contributed by atoms with E-state index in [4.69, 9.17) is 14.5 Å². The number of aromatic nitrogens is 5. The summed E-state index contributed by atoms with van der Waals surface area (Å²) in [6.45, 7) is 2.56. The van der Waals surface area contributed by atoms with Crippen LogP contribution in [0, 0.1) is 11.2 Å². The second kappa shape index (κ2) is 10.4. The number of nitrogens with one attached hydrogen (secondary N) is 3. The fraction of sp³-hybridized carbons (Fsp3) is 0.269. The Morgan fingerprint density at radius 2 is 1.86 bits per heavy atom. The van der Waals surface area contributed by atoms with E-state index in [9.17, 15) is 9.18 Å². The Labute approximate surface area is 212 Å². The van der Waals surface area contributed by atoms with Gasteiger partial charge in [-0.2, -0.15) is 0 Å². The van der Waals surface area contributed by atoms with E-state index in [1.165, 1.54) is 12.1 Å². The van der Waals surface area contributed by atoms with E-state index < -0.39 is 11.7 Å². The first-order valence-electron chi connectivity index (χ1n) is 11.7. The summed E-state index contributed by atoms with van der Waals surface area (Å²) in [5, 5.41) is 5.82. The number of hydrogen-bond donors (Lipinski definition) is 3. The van der Waals surface area contributed by atoms with Crippen molar-refractivity contribution in [2.45, 2.75) is 19.8 Å². The molecule has 0 aliphatic carbocycles. The molecule has 0 bridgehead atoms. The fourth-order valence-electron chi connectivity index (χ4n) is 3.96. The summed E-state index contributed by atoms with van der Waals surface area (Å²) >= 11 is 0. The number of ether oxygens (including phenoxy) is 2. The van der Waals surface area contributed by atoms with Gasteiger partial charge in [0.2, 0.25) is 18.1 Å². The van der Waals surface area contributed by atoms with Crippen LogP contribution in [0.1, 0.15) is 24.7 Å². The minimum absolute atomic E-state index is 0.161. The zero-order chi connectivity index (χ0) is 25.8. The number of rotatable bonds is 7. The molecule has 37 heavy (non-hydrogen) atoms. The fourth-order valence-corrected chi connectivity index (χ4v) is 3.96. The molecule has 0 saturated carbocycles. The molecule has 3 N–H and O–H groups in total. The summed E-state index contributed by atoms with van der Waals surface area (Å²) in [4.78, 5) is 33.5. The Hall–Kier alpha value is -4.22. The number of anilines is 1. The number of hydrogen-bond acceptors (Lipinski definition) is 8. The van der Waals surface area contributed by atoms with Gasteiger partial charge in [0, 0.05) is 25.0 Å². The van der Waals surface area contributed by atoms with Crippen molar-refractivity contribution < 1.29 is 18.7 Å². The summed E-state index contributed by atoms with van der Waals surface area (Å²) < 4.78 is 25.4. The van der Waals surface area contributed by atoms with E-state index in [2.05, 4.69) is 30.6 Å². The van der Waals surface area contributed by atoms with E-state index in [0.29, 0.717) is 41.0 Å². The summed E-state index contributed by atoms with van der Waals surface area (Å²) in [7, 11) is 1.58. The second-order valence-corrected chi connectivity index (χ2v) is 8.89. The minimum atomic E-state index is -0.811. The van der Waals surface area contributed by atoms with Crippen molar-refractivity contribution in [1.82, 2.24) is 30.2 Å². The maximum atomic E-state index is 13.6. The first-order valence-corrected chi connectivity index (χ1v) is 11.7. The standard InChI is InChI=1S/C26H26FN7O3/c1-26(24(35)28-2)14-36-23(37-15-26)22-33-20(16-6-8-17(27)9-7-16)21(34-22)19-10-12-30-25(32-19)31-13-18-5-3-4-11-29-18/h3-12,23H,13-15H2,1-2H3,(H,28,35)(H,33,34)(H,30,31,32). The molecule has 0 radical (unpaired) electrons. The quantitative estimate of drug-likeness (QED) is 0.350. The summed E-state index contributed by atoms with van der Waals surface area (Å²) in [5.41, 5.74) is 2.45. The third kappa shape index (κ3) is 5.32. The third-order valence-electron chi connectivity index (χ3n) is 6.01. The van der Waals surface area contributed by atoms with Crippen LogP contribution in [-0.4, -0.2) is 51.1 Å². The number of imidazole rings is 1. The molecular formula is C26H26FN7O3. The SMILES string of the molecule is CNC(=O)C1(C)COC(c2nc(-c3ccc(F)cc3)c(-c3ccnc(NCc4ccccn4)n3)[nH]2)OC1. The van der Waals surface area contributed by atoms with Crippen LogP contribution < -0.4 is 10.6 Å². The molecule has 1 aliphatic rings. The van der Waals surface area contributed by atoms with Gasteiger partial charge in [-0.3, -0.25) is 9.78 Å².